The molecule has 0 spiro atoms. The van der Waals surface area contributed by atoms with Crippen molar-refractivity contribution in [1.29, 1.82) is 0 Å². The second-order valence-electron chi connectivity index (χ2n) is 9.55. The van der Waals surface area contributed by atoms with Gasteiger partial charge in [0, 0.05) is 12.1 Å². The maximum absolute atomic E-state index is 11.4. The molecule has 0 saturated heterocycles. The van der Waals surface area contributed by atoms with Gasteiger partial charge in [0.2, 0.25) is 0 Å². The normalized spacial score (nSPS) is 18.5. The second-order valence-corrected chi connectivity index (χ2v) is 9.55. The minimum Gasteiger partial charge on any atom is -0.480 e. The maximum atomic E-state index is 11.4. The van der Waals surface area contributed by atoms with Gasteiger partial charge in [0.15, 0.2) is 0 Å². The highest BCUT2D eigenvalue weighted by molar-refractivity contribution is 5.85. The Morgan fingerprint density at radius 1 is 1.00 bits per heavy atom. The first-order valence-electron chi connectivity index (χ1n) is 11.9. The van der Waals surface area contributed by atoms with Crippen molar-refractivity contribution in [3.8, 4) is 0 Å². The van der Waals surface area contributed by atoms with Crippen LogP contribution in [0.3, 0.4) is 0 Å². The summed E-state index contributed by atoms with van der Waals surface area (Å²) in [6.45, 7) is 8.25. The fraction of sp³-hybridized carbons (Fsp3) is 0.792. The summed E-state index contributed by atoms with van der Waals surface area (Å²) in [7, 11) is 0. The largest absolute Gasteiger partial charge is 0.480 e. The van der Waals surface area contributed by atoms with Crippen LogP contribution < -0.4 is 10.6 Å². The topological polar surface area (TPSA) is 114 Å². The lowest BCUT2D eigenvalue weighted by molar-refractivity contribution is -0.148. The Morgan fingerprint density at radius 2 is 1.50 bits per heavy atom. The third-order valence-electron chi connectivity index (χ3n) is 5.40. The average Bonchev–Trinajstić information content (AvgIpc) is 2.72. The molecule has 2 aliphatic rings. The first-order chi connectivity index (χ1) is 15.1. The van der Waals surface area contributed by atoms with Gasteiger partial charge in [-0.2, -0.15) is 0 Å². The van der Waals surface area contributed by atoms with Crippen LogP contribution in [0.15, 0.2) is 12.7 Å². The van der Waals surface area contributed by atoms with E-state index in [9.17, 15) is 14.4 Å². The van der Waals surface area contributed by atoms with E-state index in [2.05, 4.69) is 21.9 Å². The van der Waals surface area contributed by atoms with Gasteiger partial charge in [0.1, 0.15) is 18.2 Å². The van der Waals surface area contributed by atoms with Gasteiger partial charge in [0.05, 0.1) is 6.42 Å². The Morgan fingerprint density at radius 3 is 1.91 bits per heavy atom. The van der Waals surface area contributed by atoms with E-state index in [-0.39, 0.29) is 6.61 Å². The summed E-state index contributed by atoms with van der Waals surface area (Å²) in [5, 5.41) is 14.8. The minimum absolute atomic E-state index is 0.0163. The number of amides is 1. The van der Waals surface area contributed by atoms with Crippen molar-refractivity contribution in [1.82, 2.24) is 10.6 Å². The van der Waals surface area contributed by atoms with Gasteiger partial charge in [0.25, 0.3) is 0 Å². The van der Waals surface area contributed by atoms with Crippen LogP contribution in [-0.4, -0.2) is 53.5 Å². The molecule has 0 radical (unpaired) electrons. The highest BCUT2D eigenvalue weighted by Crippen LogP contribution is 2.22. The number of aliphatic carboxylic acids is 1. The van der Waals surface area contributed by atoms with Crippen LogP contribution in [0.1, 0.15) is 91.4 Å². The van der Waals surface area contributed by atoms with E-state index >= 15 is 0 Å². The average molecular weight is 455 g/mol. The van der Waals surface area contributed by atoms with Gasteiger partial charge in [-0.15, -0.1) is 0 Å². The predicted octanol–water partition coefficient (Wildman–Crippen LogP) is 4.33. The number of ether oxygens (including phenoxy) is 2. The van der Waals surface area contributed by atoms with Crippen LogP contribution in [0, 0.1) is 0 Å². The van der Waals surface area contributed by atoms with Crippen LogP contribution in [0.5, 0.6) is 0 Å². The van der Waals surface area contributed by atoms with Crippen LogP contribution in [-0.2, 0) is 19.1 Å². The lowest BCUT2D eigenvalue weighted by Crippen LogP contribution is -2.44. The Hall–Kier alpha value is -2.09. The Bertz CT molecular complexity index is 574. The van der Waals surface area contributed by atoms with Crippen molar-refractivity contribution in [3.05, 3.63) is 12.7 Å². The number of esters is 1. The molecule has 0 heterocycles. The summed E-state index contributed by atoms with van der Waals surface area (Å²) in [6.07, 6.45) is 14.5. The van der Waals surface area contributed by atoms with E-state index in [1.165, 1.54) is 70.3 Å². The third-order valence-corrected chi connectivity index (χ3v) is 5.40. The summed E-state index contributed by atoms with van der Waals surface area (Å²) in [5.41, 5.74) is -0.753. The molecule has 8 nitrogen and oxygen atoms in total. The summed E-state index contributed by atoms with van der Waals surface area (Å²) in [5.74, 6) is -2.09. The van der Waals surface area contributed by atoms with Crippen LogP contribution in [0.2, 0.25) is 0 Å². The molecular weight excluding hydrogens is 412 g/mol. The zero-order valence-electron chi connectivity index (χ0n) is 20.0. The molecule has 2 saturated carbocycles. The first kappa shape index (κ1) is 27.9. The number of carboxylic acids is 1. The van der Waals surface area contributed by atoms with Crippen molar-refractivity contribution >= 4 is 18.0 Å². The zero-order chi connectivity index (χ0) is 24.0. The molecule has 1 atom stereocenters. The highest BCUT2D eigenvalue weighted by atomic mass is 16.6. The van der Waals surface area contributed by atoms with Gasteiger partial charge in [-0.25, -0.2) is 9.59 Å². The summed E-state index contributed by atoms with van der Waals surface area (Å²) in [6, 6.07) is 0.348. The van der Waals surface area contributed by atoms with Crippen molar-refractivity contribution in [2.24, 2.45) is 0 Å². The number of carboxylic acid groups (broad SMARTS) is 1. The zero-order valence-corrected chi connectivity index (χ0v) is 20.0. The van der Waals surface area contributed by atoms with Gasteiger partial charge in [-0.05, 0) is 46.5 Å². The molecule has 0 aromatic carbocycles. The SMILES string of the molecule is C1CCC(NC2CCCCC2)CC1.C=CCOC(=O)C[C@H](NC(=O)OC(C)(C)C)C(=O)O. The molecule has 8 heteroatoms. The number of alkyl carbamates (subject to hydrolysis) is 1. The molecule has 0 bridgehead atoms. The fourth-order valence-corrected chi connectivity index (χ4v) is 3.90. The standard InChI is InChI=1S/C12H19NO6.C12H23N/c1-5-6-18-9(14)7-8(10(15)16)13-11(17)19-12(2,3)4;1-3-7-11(8-4-1)13-12-9-5-2-6-10-12/h5,8H,1,6-7H2,2-4H3,(H,13,17)(H,15,16);11-13H,1-10H2/t8-;/m0./s1. The predicted molar refractivity (Wildman–Crippen MR) is 123 cm³/mol. The van der Waals surface area contributed by atoms with E-state index < -0.39 is 36.1 Å². The van der Waals surface area contributed by atoms with Crippen molar-refractivity contribution in [2.75, 3.05) is 6.61 Å². The number of rotatable bonds is 8. The molecule has 0 aromatic heterocycles. The van der Waals surface area contributed by atoms with Crippen LogP contribution in [0.4, 0.5) is 4.79 Å². The first-order valence-corrected chi connectivity index (χ1v) is 11.9. The molecule has 3 N–H and O–H groups in total. The summed E-state index contributed by atoms with van der Waals surface area (Å²) in [4.78, 5) is 33.6. The molecule has 32 heavy (non-hydrogen) atoms. The lowest BCUT2D eigenvalue weighted by Gasteiger charge is -2.30. The number of carbonyl (C=O) groups is 3. The van der Waals surface area contributed by atoms with Gasteiger partial charge in [-0.3, -0.25) is 4.79 Å². The van der Waals surface area contributed by atoms with Crippen molar-refractivity contribution in [2.45, 2.75) is 115 Å². The summed E-state index contributed by atoms with van der Waals surface area (Å²) >= 11 is 0. The minimum atomic E-state index is -1.40. The highest BCUT2D eigenvalue weighted by Gasteiger charge is 2.26. The molecule has 184 valence electrons. The Balaban J connectivity index is 0.000000339. The van der Waals surface area contributed by atoms with E-state index in [0.29, 0.717) is 0 Å². The molecule has 0 aliphatic heterocycles. The monoisotopic (exact) mass is 454 g/mol. The van der Waals surface area contributed by atoms with Crippen LogP contribution >= 0.6 is 0 Å². The number of nitrogens with one attached hydrogen (secondary N) is 2. The Kier molecular flexibility index (Phi) is 13.0. The number of hydrogen-bond donors (Lipinski definition) is 3. The molecule has 1 amide bonds. The second kappa shape index (κ2) is 14.9. The van der Waals surface area contributed by atoms with Gasteiger partial charge < -0.3 is 25.2 Å². The molecule has 2 aliphatic carbocycles. The lowest BCUT2D eigenvalue weighted by atomic mass is 9.91. The molecule has 0 unspecified atom stereocenters. The maximum Gasteiger partial charge on any atom is 0.408 e. The van der Waals surface area contributed by atoms with Gasteiger partial charge >= 0.3 is 18.0 Å². The van der Waals surface area contributed by atoms with Crippen molar-refractivity contribution < 1.29 is 29.0 Å². The molecule has 2 rings (SSSR count). The van der Waals surface area contributed by atoms with E-state index in [1.54, 1.807) is 20.8 Å². The Labute approximate surface area is 192 Å². The van der Waals surface area contributed by atoms with E-state index in [1.807, 2.05) is 0 Å². The smallest absolute Gasteiger partial charge is 0.408 e. The molecule has 0 aromatic rings. The fourth-order valence-electron chi connectivity index (χ4n) is 3.90. The quantitative estimate of drug-likeness (QED) is 0.369. The third kappa shape index (κ3) is 13.3. The summed E-state index contributed by atoms with van der Waals surface area (Å²) < 4.78 is 9.54. The number of carbonyl (C=O) groups excluding carboxylic acids is 2. The number of hydrogen-bond acceptors (Lipinski definition) is 6. The van der Waals surface area contributed by atoms with E-state index in [4.69, 9.17) is 9.84 Å². The molecular formula is C24H42N2O6. The molecule has 2 fully saturated rings. The van der Waals surface area contributed by atoms with Crippen molar-refractivity contribution in [3.63, 3.8) is 0 Å². The van der Waals surface area contributed by atoms with Gasteiger partial charge in [-0.1, -0.05) is 51.2 Å². The van der Waals surface area contributed by atoms with Crippen LogP contribution in [0.25, 0.3) is 0 Å². The van der Waals surface area contributed by atoms with E-state index in [0.717, 1.165) is 12.1 Å².